The first-order chi connectivity index (χ1) is 8.75. The van der Waals surface area contributed by atoms with E-state index in [1.165, 1.54) is 18.4 Å². The highest BCUT2D eigenvalue weighted by Gasteiger charge is 2.23. The van der Waals surface area contributed by atoms with Crippen LogP contribution in [-0.4, -0.2) is 35.8 Å². The Morgan fingerprint density at radius 2 is 2.00 bits per heavy atom. The first-order valence-electron chi connectivity index (χ1n) is 6.86. The third kappa shape index (κ3) is 3.91. The van der Waals surface area contributed by atoms with Gasteiger partial charge in [0.2, 0.25) is 0 Å². The maximum absolute atomic E-state index is 12.0. The summed E-state index contributed by atoms with van der Waals surface area (Å²) >= 11 is 0. The van der Waals surface area contributed by atoms with Crippen molar-refractivity contribution in [3.05, 3.63) is 30.1 Å². The number of nitrogens with zero attached hydrogens (tertiary/aromatic N) is 2. The molecule has 1 aliphatic carbocycles. The molecule has 0 atom stereocenters. The number of hydrogen-bond donors (Lipinski definition) is 0. The van der Waals surface area contributed by atoms with Gasteiger partial charge in [0.1, 0.15) is 5.78 Å². The number of aromatic nitrogens is 1. The van der Waals surface area contributed by atoms with Gasteiger partial charge in [-0.2, -0.15) is 0 Å². The molecule has 0 aliphatic heterocycles. The molecule has 1 saturated carbocycles. The quantitative estimate of drug-likeness (QED) is 0.772. The van der Waals surface area contributed by atoms with Crippen LogP contribution in [0.3, 0.4) is 0 Å². The molecule has 0 bridgehead atoms. The molecular weight excluding hydrogens is 224 g/mol. The van der Waals surface area contributed by atoms with E-state index in [2.05, 4.69) is 9.88 Å². The SMILES string of the molecule is CN(CCc1ccncc1)CC(=O)C1CCCC1. The van der Waals surface area contributed by atoms with Crippen LogP contribution < -0.4 is 0 Å². The number of pyridine rings is 1. The molecule has 0 radical (unpaired) electrons. The Labute approximate surface area is 109 Å². The standard InChI is InChI=1S/C15H22N2O/c1-17(11-8-13-6-9-16-10-7-13)12-15(18)14-4-2-3-5-14/h6-7,9-10,14H,2-5,8,11-12H2,1H3. The van der Waals surface area contributed by atoms with E-state index in [1.807, 2.05) is 31.6 Å². The second-order valence-corrected chi connectivity index (χ2v) is 5.29. The highest BCUT2D eigenvalue weighted by Crippen LogP contribution is 2.25. The molecule has 18 heavy (non-hydrogen) atoms. The summed E-state index contributed by atoms with van der Waals surface area (Å²) in [4.78, 5) is 18.2. The number of hydrogen-bond acceptors (Lipinski definition) is 3. The van der Waals surface area contributed by atoms with Gasteiger partial charge in [-0.25, -0.2) is 0 Å². The van der Waals surface area contributed by atoms with Gasteiger partial charge < -0.3 is 0 Å². The zero-order valence-electron chi connectivity index (χ0n) is 11.1. The number of carbonyl (C=O) groups is 1. The predicted molar refractivity (Wildman–Crippen MR) is 72.4 cm³/mol. The van der Waals surface area contributed by atoms with E-state index in [0.29, 0.717) is 18.2 Å². The monoisotopic (exact) mass is 246 g/mol. The minimum Gasteiger partial charge on any atom is -0.299 e. The van der Waals surface area contributed by atoms with E-state index in [1.54, 1.807) is 0 Å². The van der Waals surface area contributed by atoms with Gasteiger partial charge in [-0.3, -0.25) is 14.7 Å². The van der Waals surface area contributed by atoms with Crippen LogP contribution in [0.5, 0.6) is 0 Å². The van der Waals surface area contributed by atoms with Crippen molar-refractivity contribution in [1.82, 2.24) is 9.88 Å². The van der Waals surface area contributed by atoms with E-state index < -0.39 is 0 Å². The van der Waals surface area contributed by atoms with Crippen LogP contribution >= 0.6 is 0 Å². The maximum atomic E-state index is 12.0. The summed E-state index contributed by atoms with van der Waals surface area (Å²) in [6.07, 6.45) is 9.30. The van der Waals surface area contributed by atoms with Crippen molar-refractivity contribution in [2.24, 2.45) is 5.92 Å². The van der Waals surface area contributed by atoms with Gasteiger partial charge in [-0.05, 0) is 44.0 Å². The number of Topliss-reactive ketones (excluding diaryl/α,β-unsaturated/α-hetero) is 1. The zero-order valence-corrected chi connectivity index (χ0v) is 11.1. The number of ketones is 1. The lowest BCUT2D eigenvalue weighted by Gasteiger charge is -2.17. The molecule has 3 nitrogen and oxygen atoms in total. The van der Waals surface area contributed by atoms with Gasteiger partial charge in [0.05, 0.1) is 6.54 Å². The van der Waals surface area contributed by atoms with Gasteiger partial charge in [-0.15, -0.1) is 0 Å². The molecule has 0 N–H and O–H groups in total. The molecule has 98 valence electrons. The van der Waals surface area contributed by atoms with Crippen molar-refractivity contribution in [3.63, 3.8) is 0 Å². The average Bonchev–Trinajstić information content (AvgIpc) is 2.91. The highest BCUT2D eigenvalue weighted by molar-refractivity contribution is 5.83. The smallest absolute Gasteiger partial charge is 0.149 e. The molecule has 0 unspecified atom stereocenters. The molecule has 0 saturated heterocycles. The van der Waals surface area contributed by atoms with Gasteiger partial charge in [0, 0.05) is 24.9 Å². The minimum absolute atomic E-state index is 0.341. The zero-order chi connectivity index (χ0) is 12.8. The molecule has 3 heteroatoms. The van der Waals surface area contributed by atoms with E-state index in [9.17, 15) is 4.79 Å². The van der Waals surface area contributed by atoms with Gasteiger partial charge >= 0.3 is 0 Å². The lowest BCUT2D eigenvalue weighted by Crippen LogP contribution is -2.31. The average molecular weight is 246 g/mol. The predicted octanol–water partition coefficient (Wildman–Crippen LogP) is 2.32. The fourth-order valence-corrected chi connectivity index (χ4v) is 2.59. The highest BCUT2D eigenvalue weighted by atomic mass is 16.1. The lowest BCUT2D eigenvalue weighted by atomic mass is 10.0. The van der Waals surface area contributed by atoms with Crippen molar-refractivity contribution in [2.75, 3.05) is 20.1 Å². The maximum Gasteiger partial charge on any atom is 0.149 e. The molecule has 0 amide bonds. The van der Waals surface area contributed by atoms with Crippen molar-refractivity contribution in [2.45, 2.75) is 32.1 Å². The van der Waals surface area contributed by atoms with Crippen LogP contribution in [0.15, 0.2) is 24.5 Å². The van der Waals surface area contributed by atoms with Crippen LogP contribution in [0.25, 0.3) is 0 Å². The van der Waals surface area contributed by atoms with Crippen molar-refractivity contribution in [3.8, 4) is 0 Å². The Hall–Kier alpha value is -1.22. The molecule has 1 fully saturated rings. The molecule has 1 aromatic rings. The Balaban J connectivity index is 1.71. The van der Waals surface area contributed by atoms with E-state index in [0.717, 1.165) is 25.8 Å². The van der Waals surface area contributed by atoms with Crippen LogP contribution in [0.1, 0.15) is 31.2 Å². The molecule has 1 aliphatic rings. The molecular formula is C15H22N2O. The lowest BCUT2D eigenvalue weighted by molar-refractivity contribution is -0.123. The van der Waals surface area contributed by atoms with Crippen LogP contribution in [0.2, 0.25) is 0 Å². The summed E-state index contributed by atoms with van der Waals surface area (Å²) in [6, 6.07) is 4.07. The first kappa shape index (κ1) is 13.2. The summed E-state index contributed by atoms with van der Waals surface area (Å²) in [5.41, 5.74) is 1.28. The Kier molecular flexibility index (Phi) is 4.88. The summed E-state index contributed by atoms with van der Waals surface area (Å²) in [5.74, 6) is 0.776. The molecule has 0 spiro atoms. The summed E-state index contributed by atoms with van der Waals surface area (Å²) in [5, 5.41) is 0. The largest absolute Gasteiger partial charge is 0.299 e. The van der Waals surface area contributed by atoms with Gasteiger partial charge in [0.25, 0.3) is 0 Å². The topological polar surface area (TPSA) is 33.2 Å². The van der Waals surface area contributed by atoms with Crippen LogP contribution in [0.4, 0.5) is 0 Å². The first-order valence-corrected chi connectivity index (χ1v) is 6.86. The van der Waals surface area contributed by atoms with E-state index in [4.69, 9.17) is 0 Å². The Bertz CT molecular complexity index is 371. The number of carbonyl (C=O) groups excluding carboxylic acids is 1. The Morgan fingerprint density at radius 3 is 2.67 bits per heavy atom. The fourth-order valence-electron chi connectivity index (χ4n) is 2.59. The summed E-state index contributed by atoms with van der Waals surface area (Å²) in [6.45, 7) is 1.54. The molecule has 1 aromatic heterocycles. The van der Waals surface area contributed by atoms with E-state index >= 15 is 0 Å². The third-order valence-corrected chi connectivity index (χ3v) is 3.77. The second kappa shape index (κ2) is 6.64. The van der Waals surface area contributed by atoms with E-state index in [-0.39, 0.29) is 0 Å². The van der Waals surface area contributed by atoms with Crippen molar-refractivity contribution >= 4 is 5.78 Å². The van der Waals surface area contributed by atoms with Crippen LogP contribution in [-0.2, 0) is 11.2 Å². The summed E-state index contributed by atoms with van der Waals surface area (Å²) in [7, 11) is 2.04. The molecule has 1 heterocycles. The molecule has 0 aromatic carbocycles. The van der Waals surface area contributed by atoms with Gasteiger partial charge in [-0.1, -0.05) is 12.8 Å². The minimum atomic E-state index is 0.341. The number of likely N-dealkylation sites (N-methyl/N-ethyl adjacent to an activating group) is 1. The van der Waals surface area contributed by atoms with Crippen LogP contribution in [0, 0.1) is 5.92 Å². The second-order valence-electron chi connectivity index (χ2n) is 5.29. The Morgan fingerprint density at radius 1 is 1.33 bits per heavy atom. The fraction of sp³-hybridized carbons (Fsp3) is 0.600. The van der Waals surface area contributed by atoms with Crippen molar-refractivity contribution < 1.29 is 4.79 Å². The molecule has 2 rings (SSSR count). The number of rotatable bonds is 6. The summed E-state index contributed by atoms with van der Waals surface area (Å²) < 4.78 is 0. The van der Waals surface area contributed by atoms with Crippen molar-refractivity contribution in [1.29, 1.82) is 0 Å². The normalized spacial score (nSPS) is 16.3. The third-order valence-electron chi connectivity index (χ3n) is 3.77. The van der Waals surface area contributed by atoms with Gasteiger partial charge in [0.15, 0.2) is 0 Å².